The van der Waals surface area contributed by atoms with Gasteiger partial charge in [0.15, 0.2) is 5.60 Å². The zero-order chi connectivity index (χ0) is 20.2. The molecule has 0 radical (unpaired) electrons. The molecule has 1 aromatic heterocycles. The van der Waals surface area contributed by atoms with E-state index < -0.39 is 17.2 Å². The minimum Gasteiger partial charge on any atom is -0.342 e. The van der Waals surface area contributed by atoms with Crippen molar-refractivity contribution >= 4 is 23.5 Å². The number of rotatable bonds is 2. The van der Waals surface area contributed by atoms with Crippen LogP contribution in [-0.4, -0.2) is 45.7 Å². The number of amides is 1. The van der Waals surface area contributed by atoms with Crippen LogP contribution in [0.25, 0.3) is 0 Å². The summed E-state index contributed by atoms with van der Waals surface area (Å²) in [6.45, 7) is 1.15. The van der Waals surface area contributed by atoms with Crippen LogP contribution in [0.2, 0.25) is 5.02 Å². The molecule has 2 unspecified atom stereocenters. The number of nitrogens with zero attached hydrogens (tertiary/aromatic N) is 4. The molecular weight excluding hydrogens is 402 g/mol. The summed E-state index contributed by atoms with van der Waals surface area (Å²) < 4.78 is 33.6. The molecule has 2 aromatic rings. The number of benzene rings is 1. The maximum Gasteiger partial charge on any atom is 0.257 e. The number of piperidine rings is 1. The molecule has 0 saturated carbocycles. The van der Waals surface area contributed by atoms with Crippen molar-refractivity contribution < 1.29 is 18.3 Å². The quantitative estimate of drug-likeness (QED) is 0.744. The smallest absolute Gasteiger partial charge is 0.257 e. The largest absolute Gasteiger partial charge is 0.342 e. The van der Waals surface area contributed by atoms with Crippen molar-refractivity contribution in [2.75, 3.05) is 18.0 Å². The number of halogens is 3. The molecule has 0 aliphatic carbocycles. The summed E-state index contributed by atoms with van der Waals surface area (Å²) in [5.41, 5.74) is -0.413. The van der Waals surface area contributed by atoms with Crippen molar-refractivity contribution in [1.82, 2.24) is 14.9 Å². The summed E-state index contributed by atoms with van der Waals surface area (Å²) in [4.78, 5) is 25.5. The van der Waals surface area contributed by atoms with E-state index in [2.05, 4.69) is 9.97 Å². The van der Waals surface area contributed by atoms with Gasteiger partial charge in [0.25, 0.3) is 5.91 Å². The fourth-order valence-corrected chi connectivity index (χ4v) is 4.77. The number of carbonyl (C=O) groups excluding carboxylic acids is 1. The number of hydrogen-bond donors (Lipinski definition) is 0. The molecular formula is C20H19ClF2N4O2. The lowest BCUT2D eigenvalue weighted by Crippen LogP contribution is -2.50. The van der Waals surface area contributed by atoms with Crippen LogP contribution >= 0.6 is 11.6 Å². The maximum atomic E-state index is 13.7. The molecule has 0 N–H and O–H groups in total. The molecule has 1 aromatic carbocycles. The monoisotopic (exact) mass is 420 g/mol. The molecule has 1 amide bonds. The lowest BCUT2D eigenvalue weighted by molar-refractivity contribution is -0.140. The van der Waals surface area contributed by atoms with Gasteiger partial charge in [-0.2, -0.15) is 0 Å². The average molecular weight is 421 g/mol. The summed E-state index contributed by atoms with van der Waals surface area (Å²) >= 11 is 5.85. The highest BCUT2D eigenvalue weighted by atomic mass is 35.5. The van der Waals surface area contributed by atoms with Gasteiger partial charge in [0.1, 0.15) is 17.9 Å². The van der Waals surface area contributed by atoms with Gasteiger partial charge in [0.2, 0.25) is 5.95 Å². The first kappa shape index (κ1) is 18.7. The van der Waals surface area contributed by atoms with E-state index in [0.29, 0.717) is 55.3 Å². The van der Waals surface area contributed by atoms with Gasteiger partial charge >= 0.3 is 0 Å². The molecule has 152 valence electrons. The van der Waals surface area contributed by atoms with Crippen LogP contribution in [0.3, 0.4) is 0 Å². The second-order valence-electron chi connectivity index (χ2n) is 7.76. The van der Waals surface area contributed by atoms with E-state index in [0.717, 1.165) is 6.07 Å². The van der Waals surface area contributed by atoms with Crippen molar-refractivity contribution in [1.29, 1.82) is 0 Å². The van der Waals surface area contributed by atoms with E-state index in [4.69, 9.17) is 16.3 Å². The lowest BCUT2D eigenvalue weighted by atomic mass is 9.89. The molecule has 5 rings (SSSR count). The van der Waals surface area contributed by atoms with Gasteiger partial charge in [0, 0.05) is 32.0 Å². The van der Waals surface area contributed by atoms with E-state index >= 15 is 0 Å². The minimum absolute atomic E-state index is 0.0913. The van der Waals surface area contributed by atoms with Crippen molar-refractivity contribution in [2.45, 2.75) is 43.6 Å². The second kappa shape index (κ2) is 6.88. The molecule has 9 heteroatoms. The summed E-state index contributed by atoms with van der Waals surface area (Å²) in [6.07, 6.45) is 5.04. The van der Waals surface area contributed by atoms with Gasteiger partial charge in [-0.1, -0.05) is 11.6 Å². The maximum absolute atomic E-state index is 13.7. The Bertz CT molecular complexity index is 930. The predicted molar refractivity (Wildman–Crippen MR) is 101 cm³/mol. The molecule has 4 heterocycles. The fraction of sp³-hybridized carbons (Fsp3) is 0.450. The Morgan fingerprint density at radius 3 is 2.38 bits per heavy atom. The first-order valence-electron chi connectivity index (χ1n) is 9.64. The Hall–Kier alpha value is -2.32. The standard InChI is InChI=1S/C20H19ClF2N4O2/c21-13-10-24-19(25-11-13)26-5-3-20(4-6-26)18(28)27-16(1-2-17(27)29-20)12-7-14(22)9-15(23)8-12/h7-11,16-17H,1-6H2. The van der Waals surface area contributed by atoms with Crippen LogP contribution in [0, 0.1) is 11.6 Å². The highest BCUT2D eigenvalue weighted by Gasteiger charge is 2.58. The minimum atomic E-state index is -0.891. The van der Waals surface area contributed by atoms with E-state index in [-0.39, 0.29) is 18.2 Å². The van der Waals surface area contributed by atoms with E-state index in [9.17, 15) is 13.6 Å². The molecule has 1 spiro atoms. The van der Waals surface area contributed by atoms with Gasteiger partial charge in [-0.05, 0) is 30.5 Å². The van der Waals surface area contributed by atoms with Crippen molar-refractivity contribution in [3.8, 4) is 0 Å². The van der Waals surface area contributed by atoms with E-state index in [1.54, 1.807) is 17.3 Å². The third-order valence-electron chi connectivity index (χ3n) is 6.05. The van der Waals surface area contributed by atoms with Gasteiger partial charge < -0.3 is 14.5 Å². The number of carbonyl (C=O) groups is 1. The number of aromatic nitrogens is 2. The molecule has 3 fully saturated rings. The summed E-state index contributed by atoms with van der Waals surface area (Å²) in [7, 11) is 0. The third-order valence-corrected chi connectivity index (χ3v) is 6.24. The molecule has 3 aliphatic rings. The van der Waals surface area contributed by atoms with Crippen LogP contribution in [-0.2, 0) is 9.53 Å². The number of fused-ring (bicyclic) bond motifs is 1. The number of hydrogen-bond acceptors (Lipinski definition) is 5. The lowest BCUT2D eigenvalue weighted by Gasteiger charge is -2.37. The normalized spacial score (nSPS) is 25.7. The third kappa shape index (κ3) is 3.14. The SMILES string of the molecule is O=C1N2C(CCC2c2cc(F)cc(F)c2)OC12CCN(c1ncc(Cl)cn1)CC2. The Morgan fingerprint density at radius 1 is 1.07 bits per heavy atom. The molecule has 29 heavy (non-hydrogen) atoms. The first-order valence-corrected chi connectivity index (χ1v) is 10.0. The van der Waals surface area contributed by atoms with Crippen LogP contribution in [0.5, 0.6) is 0 Å². The van der Waals surface area contributed by atoms with Gasteiger partial charge in [0.05, 0.1) is 23.5 Å². The predicted octanol–water partition coefficient (Wildman–Crippen LogP) is 3.47. The van der Waals surface area contributed by atoms with Crippen LogP contribution < -0.4 is 4.90 Å². The zero-order valence-electron chi connectivity index (χ0n) is 15.5. The van der Waals surface area contributed by atoms with Crippen LogP contribution in [0.1, 0.15) is 37.3 Å². The van der Waals surface area contributed by atoms with Crippen LogP contribution in [0.4, 0.5) is 14.7 Å². The van der Waals surface area contributed by atoms with E-state index in [1.165, 1.54) is 12.1 Å². The van der Waals surface area contributed by atoms with Gasteiger partial charge in [-0.3, -0.25) is 4.79 Å². The molecule has 0 bridgehead atoms. The topological polar surface area (TPSA) is 58.6 Å². The molecule has 3 aliphatic heterocycles. The Kier molecular flexibility index (Phi) is 4.43. The first-order chi connectivity index (χ1) is 13.9. The van der Waals surface area contributed by atoms with Crippen LogP contribution in [0.15, 0.2) is 30.6 Å². The summed E-state index contributed by atoms with van der Waals surface area (Å²) in [6, 6.07) is 3.08. The highest BCUT2D eigenvalue weighted by Crippen LogP contribution is 2.47. The molecule has 3 saturated heterocycles. The average Bonchev–Trinajstić information content (AvgIpc) is 3.21. The van der Waals surface area contributed by atoms with Gasteiger partial charge in [-0.15, -0.1) is 0 Å². The van der Waals surface area contributed by atoms with E-state index in [1.807, 2.05) is 4.90 Å². The number of anilines is 1. The van der Waals surface area contributed by atoms with Crippen molar-refractivity contribution in [3.05, 3.63) is 52.8 Å². The summed E-state index contributed by atoms with van der Waals surface area (Å²) in [5, 5.41) is 0.469. The Morgan fingerprint density at radius 2 is 1.72 bits per heavy atom. The fourth-order valence-electron chi connectivity index (χ4n) is 4.68. The van der Waals surface area contributed by atoms with Gasteiger partial charge in [-0.25, -0.2) is 18.7 Å². The highest BCUT2D eigenvalue weighted by molar-refractivity contribution is 6.30. The summed E-state index contributed by atoms with van der Waals surface area (Å²) in [5.74, 6) is -0.793. The van der Waals surface area contributed by atoms with Crippen molar-refractivity contribution in [3.63, 3.8) is 0 Å². The second-order valence-corrected chi connectivity index (χ2v) is 8.20. The van der Waals surface area contributed by atoms with Crippen molar-refractivity contribution in [2.24, 2.45) is 0 Å². The zero-order valence-corrected chi connectivity index (χ0v) is 16.3. The number of ether oxygens (including phenoxy) is 1. The Labute approximate surface area is 171 Å². The molecule has 2 atom stereocenters. The molecule has 6 nitrogen and oxygen atoms in total. The Balaban J connectivity index is 1.34.